The van der Waals surface area contributed by atoms with Crippen molar-refractivity contribution in [3.05, 3.63) is 45.2 Å². The summed E-state index contributed by atoms with van der Waals surface area (Å²) in [6.45, 7) is 3.85. The number of carboxylic acid groups (broad SMARTS) is 1. The summed E-state index contributed by atoms with van der Waals surface area (Å²) >= 11 is 3.38. The highest BCUT2D eigenvalue weighted by atomic mass is 79.9. The second-order valence-electron chi connectivity index (χ2n) is 4.40. The van der Waals surface area contributed by atoms with Gasteiger partial charge in [0.25, 0.3) is 0 Å². The van der Waals surface area contributed by atoms with Crippen molar-refractivity contribution in [2.45, 2.75) is 20.5 Å². The Labute approximate surface area is 129 Å². The molecule has 0 radical (unpaired) electrons. The zero-order chi connectivity index (χ0) is 15.4. The van der Waals surface area contributed by atoms with Gasteiger partial charge in [0.05, 0.1) is 0 Å². The molecular formula is C14H13BrN2O4. The minimum atomic E-state index is -1.02. The van der Waals surface area contributed by atoms with Crippen molar-refractivity contribution in [1.29, 1.82) is 0 Å². The first-order valence-electron chi connectivity index (χ1n) is 6.09. The molecule has 110 valence electrons. The van der Waals surface area contributed by atoms with E-state index in [0.717, 1.165) is 16.1 Å². The van der Waals surface area contributed by atoms with Crippen LogP contribution in [0.5, 0.6) is 5.75 Å². The second-order valence-corrected chi connectivity index (χ2v) is 5.31. The predicted octanol–water partition coefficient (Wildman–Crippen LogP) is 3.13. The number of nitrogens with zero attached hydrogens (tertiary/aromatic N) is 2. The third-order valence-electron chi connectivity index (χ3n) is 2.77. The van der Waals surface area contributed by atoms with Crippen LogP contribution in [0.3, 0.4) is 0 Å². The van der Waals surface area contributed by atoms with Gasteiger partial charge < -0.3 is 9.84 Å². The maximum atomic E-state index is 10.7. The van der Waals surface area contributed by atoms with Gasteiger partial charge in [0.1, 0.15) is 23.7 Å². The van der Waals surface area contributed by atoms with Crippen molar-refractivity contribution >= 4 is 28.0 Å². The third-order valence-corrected chi connectivity index (χ3v) is 3.23. The molecule has 1 aromatic carbocycles. The summed E-state index contributed by atoms with van der Waals surface area (Å²) in [4.78, 5) is 10.7. The van der Waals surface area contributed by atoms with E-state index in [0.29, 0.717) is 22.7 Å². The van der Waals surface area contributed by atoms with Crippen LogP contribution in [0.4, 0.5) is 0 Å². The normalized spacial score (nSPS) is 11.0. The number of aromatic nitrogens is 2. The number of carbonyl (C=O) groups is 1. The highest BCUT2D eigenvalue weighted by Crippen LogP contribution is 2.30. The van der Waals surface area contributed by atoms with Crippen molar-refractivity contribution in [2.24, 2.45) is 0 Å². The SMILES string of the molecule is Cc1cc(Br)cc(/C=C/C(=O)O)c1OCc1nonc1C. The molecule has 0 amide bonds. The quantitative estimate of drug-likeness (QED) is 0.832. The van der Waals surface area contributed by atoms with E-state index in [1.165, 1.54) is 6.08 Å². The summed E-state index contributed by atoms with van der Waals surface area (Å²) in [5.41, 5.74) is 2.81. The fourth-order valence-corrected chi connectivity index (χ4v) is 2.35. The molecule has 21 heavy (non-hydrogen) atoms. The Bertz CT molecular complexity index is 694. The molecule has 0 spiro atoms. The van der Waals surface area contributed by atoms with Gasteiger partial charge in [-0.15, -0.1) is 0 Å². The zero-order valence-electron chi connectivity index (χ0n) is 11.5. The molecule has 0 aliphatic carbocycles. The van der Waals surface area contributed by atoms with E-state index in [4.69, 9.17) is 9.84 Å². The van der Waals surface area contributed by atoms with Crippen LogP contribution in [0.2, 0.25) is 0 Å². The number of aryl methyl sites for hydroxylation is 2. The Morgan fingerprint density at radius 3 is 2.81 bits per heavy atom. The van der Waals surface area contributed by atoms with Crippen LogP contribution in [0.1, 0.15) is 22.5 Å². The smallest absolute Gasteiger partial charge is 0.328 e. The number of carboxylic acids is 1. The Kier molecular flexibility index (Phi) is 4.74. The first kappa shape index (κ1) is 15.2. The minimum Gasteiger partial charge on any atom is -0.486 e. The number of ether oxygens (including phenoxy) is 1. The average molecular weight is 353 g/mol. The van der Waals surface area contributed by atoms with Crippen LogP contribution in [0, 0.1) is 13.8 Å². The summed E-state index contributed by atoms with van der Waals surface area (Å²) in [6, 6.07) is 3.68. The van der Waals surface area contributed by atoms with E-state index < -0.39 is 5.97 Å². The molecule has 1 N–H and O–H groups in total. The topological polar surface area (TPSA) is 85.5 Å². The first-order chi connectivity index (χ1) is 9.97. The van der Waals surface area contributed by atoms with Crippen molar-refractivity contribution in [3.63, 3.8) is 0 Å². The highest BCUT2D eigenvalue weighted by molar-refractivity contribution is 9.10. The summed E-state index contributed by atoms with van der Waals surface area (Å²) in [6.07, 6.45) is 2.56. The third kappa shape index (κ3) is 3.91. The fraction of sp³-hybridized carbons (Fsp3) is 0.214. The van der Waals surface area contributed by atoms with Gasteiger partial charge >= 0.3 is 5.97 Å². The molecule has 0 bridgehead atoms. The zero-order valence-corrected chi connectivity index (χ0v) is 13.0. The van der Waals surface area contributed by atoms with E-state index >= 15 is 0 Å². The monoisotopic (exact) mass is 352 g/mol. The molecule has 2 rings (SSSR count). The van der Waals surface area contributed by atoms with E-state index in [1.54, 1.807) is 13.0 Å². The molecule has 1 aromatic heterocycles. The molecule has 6 nitrogen and oxygen atoms in total. The Morgan fingerprint density at radius 2 is 2.19 bits per heavy atom. The van der Waals surface area contributed by atoms with Crippen LogP contribution in [-0.4, -0.2) is 21.4 Å². The molecule has 0 saturated heterocycles. The minimum absolute atomic E-state index is 0.200. The molecule has 7 heteroatoms. The molecular weight excluding hydrogens is 340 g/mol. The van der Waals surface area contributed by atoms with Crippen molar-refractivity contribution in [1.82, 2.24) is 10.3 Å². The maximum absolute atomic E-state index is 10.7. The van der Waals surface area contributed by atoms with E-state index in [1.807, 2.05) is 13.0 Å². The van der Waals surface area contributed by atoms with Crippen LogP contribution in [0.15, 0.2) is 27.3 Å². The number of rotatable bonds is 5. The van der Waals surface area contributed by atoms with Gasteiger partial charge in [0.2, 0.25) is 0 Å². The van der Waals surface area contributed by atoms with Crippen LogP contribution in [0.25, 0.3) is 6.08 Å². The van der Waals surface area contributed by atoms with Gasteiger partial charge in [-0.25, -0.2) is 9.42 Å². The van der Waals surface area contributed by atoms with Crippen molar-refractivity contribution in [2.75, 3.05) is 0 Å². The molecule has 0 unspecified atom stereocenters. The molecule has 0 aliphatic heterocycles. The molecule has 0 fully saturated rings. The second kappa shape index (κ2) is 6.53. The van der Waals surface area contributed by atoms with Gasteiger partial charge in [-0.1, -0.05) is 26.2 Å². The summed E-state index contributed by atoms with van der Waals surface area (Å²) in [5, 5.41) is 16.2. The number of benzene rings is 1. The molecule has 1 heterocycles. The van der Waals surface area contributed by atoms with Crippen molar-refractivity contribution < 1.29 is 19.3 Å². The van der Waals surface area contributed by atoms with Crippen LogP contribution in [-0.2, 0) is 11.4 Å². The lowest BCUT2D eigenvalue weighted by Crippen LogP contribution is -2.01. The average Bonchev–Trinajstić information content (AvgIpc) is 2.80. The van der Waals surface area contributed by atoms with E-state index in [-0.39, 0.29) is 6.61 Å². The number of aliphatic carboxylic acids is 1. The van der Waals surface area contributed by atoms with Gasteiger partial charge in [-0.2, -0.15) is 0 Å². The lowest BCUT2D eigenvalue weighted by molar-refractivity contribution is -0.131. The number of halogens is 1. The Morgan fingerprint density at radius 1 is 1.43 bits per heavy atom. The summed E-state index contributed by atoms with van der Waals surface area (Å²) in [7, 11) is 0. The predicted molar refractivity (Wildman–Crippen MR) is 78.9 cm³/mol. The van der Waals surface area contributed by atoms with Gasteiger partial charge in [0.15, 0.2) is 0 Å². The standard InChI is InChI=1S/C14H13BrN2O4/c1-8-5-11(15)6-10(3-4-13(18)19)14(8)20-7-12-9(2)16-21-17-12/h3-6H,7H2,1-2H3,(H,18,19)/b4-3+. The Balaban J connectivity index is 2.28. The number of hydrogen-bond acceptors (Lipinski definition) is 5. The molecule has 0 atom stereocenters. The lowest BCUT2D eigenvalue weighted by atomic mass is 10.1. The molecule has 2 aromatic rings. The largest absolute Gasteiger partial charge is 0.486 e. The van der Waals surface area contributed by atoms with Gasteiger partial charge in [-0.05, 0) is 37.6 Å². The van der Waals surface area contributed by atoms with Crippen LogP contribution < -0.4 is 4.74 Å². The Hall–Kier alpha value is -2.15. The van der Waals surface area contributed by atoms with Crippen molar-refractivity contribution in [3.8, 4) is 5.75 Å². The summed E-state index contributed by atoms with van der Waals surface area (Å²) < 4.78 is 11.2. The first-order valence-corrected chi connectivity index (χ1v) is 6.88. The highest BCUT2D eigenvalue weighted by Gasteiger charge is 2.11. The van der Waals surface area contributed by atoms with E-state index in [9.17, 15) is 4.79 Å². The molecule has 0 aliphatic rings. The molecule has 0 saturated carbocycles. The van der Waals surface area contributed by atoms with Gasteiger partial charge in [0, 0.05) is 16.1 Å². The van der Waals surface area contributed by atoms with E-state index in [2.05, 4.69) is 30.9 Å². The lowest BCUT2D eigenvalue weighted by Gasteiger charge is -2.12. The maximum Gasteiger partial charge on any atom is 0.328 e. The summed E-state index contributed by atoms with van der Waals surface area (Å²) in [5.74, 6) is -0.423. The van der Waals surface area contributed by atoms with Gasteiger partial charge in [-0.3, -0.25) is 0 Å². The van der Waals surface area contributed by atoms with Crippen LogP contribution >= 0.6 is 15.9 Å². The number of hydrogen-bond donors (Lipinski definition) is 1. The fourth-order valence-electron chi connectivity index (χ4n) is 1.76.